The van der Waals surface area contributed by atoms with Gasteiger partial charge < -0.3 is 5.32 Å². The Kier molecular flexibility index (Phi) is 6.58. The molecular formula is C22H28FN3O. The highest BCUT2D eigenvalue weighted by Crippen LogP contribution is 2.16. The summed E-state index contributed by atoms with van der Waals surface area (Å²) in [5, 5.41) is 2.84. The Bertz CT molecular complexity index is 765. The van der Waals surface area contributed by atoms with Crippen molar-refractivity contribution in [2.24, 2.45) is 0 Å². The molecule has 2 aromatic carbocycles. The maximum atomic E-state index is 13.7. The number of hydrogen-bond acceptors (Lipinski definition) is 3. The van der Waals surface area contributed by atoms with Crippen molar-refractivity contribution in [3.8, 4) is 0 Å². The number of nitrogens with one attached hydrogen (secondary N) is 1. The Morgan fingerprint density at radius 2 is 1.89 bits per heavy atom. The minimum Gasteiger partial charge on any atom is -0.325 e. The van der Waals surface area contributed by atoms with Gasteiger partial charge in [0.1, 0.15) is 5.82 Å². The molecule has 0 aromatic heterocycles. The number of halogens is 1. The molecule has 3 rings (SSSR count). The number of nitrogens with zero attached hydrogens (tertiary/aromatic N) is 2. The van der Waals surface area contributed by atoms with E-state index in [0.29, 0.717) is 11.3 Å². The van der Waals surface area contributed by atoms with Gasteiger partial charge in [-0.2, -0.15) is 0 Å². The van der Waals surface area contributed by atoms with Crippen LogP contribution < -0.4 is 5.32 Å². The van der Waals surface area contributed by atoms with Crippen molar-refractivity contribution >= 4 is 11.6 Å². The van der Waals surface area contributed by atoms with Crippen molar-refractivity contribution in [3.63, 3.8) is 0 Å². The lowest BCUT2D eigenvalue weighted by molar-refractivity contribution is -0.120. The molecule has 5 heteroatoms. The minimum absolute atomic E-state index is 0.0882. The fourth-order valence-corrected chi connectivity index (χ4v) is 3.46. The molecule has 0 spiro atoms. The van der Waals surface area contributed by atoms with Crippen LogP contribution in [0.2, 0.25) is 0 Å². The van der Waals surface area contributed by atoms with Crippen LogP contribution >= 0.6 is 0 Å². The van der Waals surface area contributed by atoms with Crippen molar-refractivity contribution in [2.45, 2.75) is 32.9 Å². The van der Waals surface area contributed by atoms with Gasteiger partial charge in [0, 0.05) is 31.9 Å². The fourth-order valence-electron chi connectivity index (χ4n) is 3.46. The summed E-state index contributed by atoms with van der Waals surface area (Å²) in [5.74, 6) is -0.387. The van der Waals surface area contributed by atoms with Gasteiger partial charge in [-0.1, -0.05) is 36.4 Å². The van der Waals surface area contributed by atoms with E-state index in [1.165, 1.54) is 11.6 Å². The largest absolute Gasteiger partial charge is 0.325 e. The van der Waals surface area contributed by atoms with Gasteiger partial charge >= 0.3 is 0 Å². The van der Waals surface area contributed by atoms with Crippen LogP contribution in [0.15, 0.2) is 48.5 Å². The van der Waals surface area contributed by atoms with Crippen LogP contribution in [0.4, 0.5) is 10.1 Å². The summed E-state index contributed by atoms with van der Waals surface area (Å²) in [5.41, 5.74) is 2.40. The Labute approximate surface area is 161 Å². The normalized spacial score (nSPS) is 17.3. The molecule has 144 valence electrons. The summed E-state index contributed by atoms with van der Waals surface area (Å²) < 4.78 is 13.7. The van der Waals surface area contributed by atoms with E-state index in [2.05, 4.69) is 39.4 Å². The summed E-state index contributed by atoms with van der Waals surface area (Å²) >= 11 is 0. The molecule has 0 aliphatic carbocycles. The van der Waals surface area contributed by atoms with Crippen molar-refractivity contribution in [3.05, 3.63) is 65.5 Å². The molecule has 2 aromatic rings. The van der Waals surface area contributed by atoms with Crippen LogP contribution in [0.3, 0.4) is 0 Å². The lowest BCUT2D eigenvalue weighted by atomic mass is 10.2. The van der Waals surface area contributed by atoms with Crippen molar-refractivity contribution in [1.82, 2.24) is 9.80 Å². The first-order valence-electron chi connectivity index (χ1n) is 9.60. The van der Waals surface area contributed by atoms with Gasteiger partial charge in [-0.25, -0.2) is 4.39 Å². The maximum Gasteiger partial charge on any atom is 0.241 e. The van der Waals surface area contributed by atoms with E-state index in [4.69, 9.17) is 0 Å². The number of rotatable bonds is 5. The smallest absolute Gasteiger partial charge is 0.241 e. The fraction of sp³-hybridized carbons (Fsp3) is 0.409. The zero-order chi connectivity index (χ0) is 19.2. The van der Waals surface area contributed by atoms with Crippen molar-refractivity contribution < 1.29 is 9.18 Å². The topological polar surface area (TPSA) is 35.6 Å². The van der Waals surface area contributed by atoms with Gasteiger partial charge in [0.05, 0.1) is 6.04 Å². The second-order valence-corrected chi connectivity index (χ2v) is 7.28. The monoisotopic (exact) mass is 369 g/mol. The van der Waals surface area contributed by atoms with Crippen LogP contribution in [0.1, 0.15) is 24.5 Å². The number of carbonyl (C=O) groups is 1. The summed E-state index contributed by atoms with van der Waals surface area (Å²) in [6.45, 7) is 8.28. The van der Waals surface area contributed by atoms with Crippen molar-refractivity contribution in [2.75, 3.05) is 31.5 Å². The number of benzene rings is 2. The maximum absolute atomic E-state index is 13.7. The summed E-state index contributed by atoms with van der Waals surface area (Å²) in [7, 11) is 0. The molecule has 0 saturated carbocycles. The highest BCUT2D eigenvalue weighted by atomic mass is 19.1. The van der Waals surface area contributed by atoms with E-state index in [-0.39, 0.29) is 17.8 Å². The van der Waals surface area contributed by atoms with E-state index in [1.54, 1.807) is 19.1 Å². The molecular weight excluding hydrogens is 341 g/mol. The highest BCUT2D eigenvalue weighted by molar-refractivity contribution is 5.94. The molecule has 1 amide bonds. The number of amides is 1. The molecule has 27 heavy (non-hydrogen) atoms. The Morgan fingerprint density at radius 3 is 2.63 bits per heavy atom. The molecule has 1 aliphatic rings. The van der Waals surface area contributed by atoms with E-state index in [0.717, 1.165) is 39.1 Å². The molecule has 4 nitrogen and oxygen atoms in total. The minimum atomic E-state index is -0.299. The zero-order valence-corrected chi connectivity index (χ0v) is 16.1. The average molecular weight is 369 g/mol. The van der Waals surface area contributed by atoms with Gasteiger partial charge in [-0.3, -0.25) is 14.6 Å². The summed E-state index contributed by atoms with van der Waals surface area (Å²) in [6.07, 6.45) is 1.03. The first kappa shape index (κ1) is 19.5. The van der Waals surface area contributed by atoms with Crippen LogP contribution in [-0.4, -0.2) is 47.9 Å². The SMILES string of the molecule is Cc1ccc(NC(=O)C(C)N2CCCN(Cc3ccccc3)CC2)cc1F. The molecule has 1 atom stereocenters. The molecule has 1 fully saturated rings. The predicted molar refractivity (Wildman–Crippen MR) is 107 cm³/mol. The molecule has 1 saturated heterocycles. The standard InChI is InChI=1S/C22H28FN3O/c1-17-9-10-20(15-21(17)23)24-22(27)18(2)26-12-6-11-25(13-14-26)16-19-7-4-3-5-8-19/h3-5,7-10,15,18H,6,11-14,16H2,1-2H3,(H,24,27). The number of aryl methyl sites for hydroxylation is 1. The Morgan fingerprint density at radius 1 is 1.11 bits per heavy atom. The van der Waals surface area contributed by atoms with Gasteiger partial charge in [0.15, 0.2) is 0 Å². The first-order valence-corrected chi connectivity index (χ1v) is 9.60. The molecule has 1 heterocycles. The quantitative estimate of drug-likeness (QED) is 0.874. The van der Waals surface area contributed by atoms with Gasteiger partial charge in [0.25, 0.3) is 0 Å². The number of anilines is 1. The lowest BCUT2D eigenvalue weighted by Gasteiger charge is -2.27. The summed E-state index contributed by atoms with van der Waals surface area (Å²) in [6, 6.07) is 15.0. The van der Waals surface area contributed by atoms with Crippen LogP contribution in [0.5, 0.6) is 0 Å². The molecule has 1 aliphatic heterocycles. The third kappa shape index (κ3) is 5.37. The first-order chi connectivity index (χ1) is 13.0. The van der Waals surface area contributed by atoms with Gasteiger partial charge in [0.2, 0.25) is 5.91 Å². The third-order valence-electron chi connectivity index (χ3n) is 5.24. The average Bonchev–Trinajstić information content (AvgIpc) is 2.90. The van der Waals surface area contributed by atoms with E-state index in [1.807, 2.05) is 13.0 Å². The zero-order valence-electron chi connectivity index (χ0n) is 16.1. The van der Waals surface area contributed by atoms with Crippen molar-refractivity contribution in [1.29, 1.82) is 0 Å². The molecule has 1 N–H and O–H groups in total. The Balaban J connectivity index is 1.54. The third-order valence-corrected chi connectivity index (χ3v) is 5.24. The van der Waals surface area contributed by atoms with Gasteiger partial charge in [-0.05, 0) is 50.1 Å². The lowest BCUT2D eigenvalue weighted by Crippen LogP contribution is -2.43. The second-order valence-electron chi connectivity index (χ2n) is 7.28. The van der Waals surface area contributed by atoms with E-state index < -0.39 is 0 Å². The van der Waals surface area contributed by atoms with E-state index in [9.17, 15) is 9.18 Å². The van der Waals surface area contributed by atoms with Crippen LogP contribution in [0.25, 0.3) is 0 Å². The second kappa shape index (κ2) is 9.11. The van der Waals surface area contributed by atoms with E-state index >= 15 is 0 Å². The molecule has 0 radical (unpaired) electrons. The number of carbonyl (C=O) groups excluding carboxylic acids is 1. The summed E-state index contributed by atoms with van der Waals surface area (Å²) in [4.78, 5) is 17.3. The van der Waals surface area contributed by atoms with Crippen LogP contribution in [-0.2, 0) is 11.3 Å². The van der Waals surface area contributed by atoms with Crippen LogP contribution in [0, 0.1) is 12.7 Å². The molecule has 0 bridgehead atoms. The highest BCUT2D eigenvalue weighted by Gasteiger charge is 2.24. The van der Waals surface area contributed by atoms with Gasteiger partial charge in [-0.15, -0.1) is 0 Å². The molecule has 1 unspecified atom stereocenters. The Hall–Kier alpha value is -2.24. The number of hydrogen-bond donors (Lipinski definition) is 1. The predicted octanol–water partition coefficient (Wildman–Crippen LogP) is 3.67.